The third-order valence-corrected chi connectivity index (χ3v) is 3.58. The second-order valence-electron chi connectivity index (χ2n) is 5.11. The van der Waals surface area contributed by atoms with Gasteiger partial charge in [-0.05, 0) is 43.5 Å². The third-order valence-electron chi connectivity index (χ3n) is 3.58. The largest absolute Gasteiger partial charge is 0.339 e. The summed E-state index contributed by atoms with van der Waals surface area (Å²) in [6, 6.07) is 6.21. The second kappa shape index (κ2) is 7.24. The van der Waals surface area contributed by atoms with Crippen molar-refractivity contribution in [2.24, 2.45) is 11.7 Å². The van der Waals surface area contributed by atoms with Crippen LogP contribution in [0.25, 0.3) is 0 Å². The maximum absolute atomic E-state index is 12.9. The summed E-state index contributed by atoms with van der Waals surface area (Å²) in [7, 11) is 1.78. The normalized spacial score (nSPS) is 13.9. The number of rotatable bonds is 6. The molecule has 1 aromatic rings. The van der Waals surface area contributed by atoms with Gasteiger partial charge in [-0.3, -0.25) is 4.79 Å². The lowest BCUT2D eigenvalue weighted by molar-refractivity contribution is -0.132. The van der Waals surface area contributed by atoms with Gasteiger partial charge in [0.25, 0.3) is 0 Å². The molecule has 19 heavy (non-hydrogen) atoms. The molecule has 1 amide bonds. The number of carbonyl (C=O) groups is 1. The standard InChI is InChI=1S/C15H23FN2O/c1-11(10-17)4-9-15(19)18(3)12(2)13-5-7-14(16)8-6-13/h5-8,11-12H,4,9-10,17H2,1-3H3. The maximum Gasteiger partial charge on any atom is 0.222 e. The van der Waals surface area contributed by atoms with Crippen molar-refractivity contribution in [3.63, 3.8) is 0 Å². The van der Waals surface area contributed by atoms with Crippen molar-refractivity contribution in [3.05, 3.63) is 35.6 Å². The predicted octanol–water partition coefficient (Wildman–Crippen LogP) is 2.72. The Hall–Kier alpha value is -1.42. The van der Waals surface area contributed by atoms with Crippen LogP contribution < -0.4 is 5.73 Å². The highest BCUT2D eigenvalue weighted by Crippen LogP contribution is 2.20. The predicted molar refractivity (Wildman–Crippen MR) is 75.0 cm³/mol. The number of nitrogens with two attached hydrogens (primary N) is 1. The van der Waals surface area contributed by atoms with Gasteiger partial charge in [-0.2, -0.15) is 0 Å². The molecule has 0 aliphatic heterocycles. The zero-order valence-corrected chi connectivity index (χ0v) is 11.9. The molecule has 3 nitrogen and oxygen atoms in total. The Morgan fingerprint density at radius 3 is 2.42 bits per heavy atom. The quantitative estimate of drug-likeness (QED) is 0.860. The monoisotopic (exact) mass is 266 g/mol. The molecule has 0 bridgehead atoms. The van der Waals surface area contributed by atoms with E-state index in [4.69, 9.17) is 5.73 Å². The number of amides is 1. The molecule has 2 N–H and O–H groups in total. The first kappa shape index (κ1) is 15.6. The molecule has 0 aromatic heterocycles. The molecule has 0 heterocycles. The van der Waals surface area contributed by atoms with Gasteiger partial charge >= 0.3 is 0 Å². The van der Waals surface area contributed by atoms with Crippen LogP contribution in [-0.2, 0) is 4.79 Å². The lowest BCUT2D eigenvalue weighted by Gasteiger charge is -2.26. The van der Waals surface area contributed by atoms with E-state index in [9.17, 15) is 9.18 Å². The molecule has 2 unspecified atom stereocenters. The van der Waals surface area contributed by atoms with Gasteiger partial charge in [0.1, 0.15) is 5.82 Å². The highest BCUT2D eigenvalue weighted by atomic mass is 19.1. The Kier molecular flexibility index (Phi) is 5.96. The molecule has 4 heteroatoms. The molecule has 0 aliphatic rings. The van der Waals surface area contributed by atoms with E-state index in [0.717, 1.165) is 12.0 Å². The molecule has 0 fully saturated rings. The molecule has 1 rings (SSSR count). The Morgan fingerprint density at radius 2 is 1.89 bits per heavy atom. The minimum absolute atomic E-state index is 0.0544. The fourth-order valence-electron chi connectivity index (χ4n) is 1.84. The van der Waals surface area contributed by atoms with Crippen molar-refractivity contribution in [2.75, 3.05) is 13.6 Å². The van der Waals surface area contributed by atoms with Gasteiger partial charge in [0.2, 0.25) is 5.91 Å². The van der Waals surface area contributed by atoms with E-state index >= 15 is 0 Å². The molecule has 0 spiro atoms. The van der Waals surface area contributed by atoms with Crippen molar-refractivity contribution in [3.8, 4) is 0 Å². The molecule has 0 radical (unpaired) electrons. The summed E-state index contributed by atoms with van der Waals surface area (Å²) in [6.07, 6.45) is 1.30. The summed E-state index contributed by atoms with van der Waals surface area (Å²) in [5.41, 5.74) is 6.47. The fourth-order valence-corrected chi connectivity index (χ4v) is 1.84. The van der Waals surface area contributed by atoms with Crippen LogP contribution >= 0.6 is 0 Å². The number of hydrogen-bond acceptors (Lipinski definition) is 2. The van der Waals surface area contributed by atoms with Crippen molar-refractivity contribution >= 4 is 5.91 Å². The Morgan fingerprint density at radius 1 is 1.32 bits per heavy atom. The number of hydrogen-bond donors (Lipinski definition) is 1. The highest BCUT2D eigenvalue weighted by molar-refractivity contribution is 5.76. The van der Waals surface area contributed by atoms with Gasteiger partial charge in [0.15, 0.2) is 0 Å². The van der Waals surface area contributed by atoms with E-state index in [0.29, 0.717) is 18.9 Å². The smallest absolute Gasteiger partial charge is 0.222 e. The van der Waals surface area contributed by atoms with Crippen LogP contribution in [0.5, 0.6) is 0 Å². The summed E-state index contributed by atoms with van der Waals surface area (Å²) in [6.45, 7) is 4.58. The van der Waals surface area contributed by atoms with Crippen molar-refractivity contribution in [1.29, 1.82) is 0 Å². The van der Waals surface area contributed by atoms with Gasteiger partial charge in [-0.15, -0.1) is 0 Å². The van der Waals surface area contributed by atoms with Crippen LogP contribution in [0.2, 0.25) is 0 Å². The van der Waals surface area contributed by atoms with Crippen molar-refractivity contribution in [2.45, 2.75) is 32.7 Å². The fraction of sp³-hybridized carbons (Fsp3) is 0.533. The first-order chi connectivity index (χ1) is 8.95. The minimum Gasteiger partial charge on any atom is -0.339 e. The number of carbonyl (C=O) groups excluding carboxylic acids is 1. The second-order valence-corrected chi connectivity index (χ2v) is 5.11. The van der Waals surface area contributed by atoms with Crippen molar-refractivity contribution < 1.29 is 9.18 Å². The van der Waals surface area contributed by atoms with Crippen LogP contribution in [0.1, 0.15) is 38.3 Å². The molecule has 1 aromatic carbocycles. The van der Waals surface area contributed by atoms with Gasteiger partial charge in [0.05, 0.1) is 6.04 Å². The number of nitrogens with zero attached hydrogens (tertiary/aromatic N) is 1. The summed E-state index contributed by atoms with van der Waals surface area (Å²) in [5, 5.41) is 0. The SMILES string of the molecule is CC(CN)CCC(=O)N(C)C(C)c1ccc(F)cc1. The van der Waals surface area contributed by atoms with E-state index in [2.05, 4.69) is 0 Å². The lowest BCUT2D eigenvalue weighted by Crippen LogP contribution is -2.30. The first-order valence-corrected chi connectivity index (χ1v) is 6.67. The van der Waals surface area contributed by atoms with Gasteiger partial charge in [-0.25, -0.2) is 4.39 Å². The Balaban J connectivity index is 2.58. The molecule has 0 saturated carbocycles. The molecule has 0 aliphatic carbocycles. The average molecular weight is 266 g/mol. The number of benzene rings is 1. The summed E-state index contributed by atoms with van der Waals surface area (Å²) in [4.78, 5) is 13.8. The summed E-state index contributed by atoms with van der Waals surface area (Å²) in [5.74, 6) is 0.192. The zero-order valence-electron chi connectivity index (χ0n) is 11.9. The van der Waals surface area contributed by atoms with E-state index in [1.165, 1.54) is 12.1 Å². The van der Waals surface area contributed by atoms with Crippen LogP contribution in [0.4, 0.5) is 4.39 Å². The lowest BCUT2D eigenvalue weighted by atomic mass is 10.0. The topological polar surface area (TPSA) is 46.3 Å². The number of halogens is 1. The van der Waals surface area contributed by atoms with Crippen LogP contribution in [0, 0.1) is 11.7 Å². The molecular formula is C15H23FN2O. The summed E-state index contributed by atoms with van der Waals surface area (Å²) < 4.78 is 12.9. The highest BCUT2D eigenvalue weighted by Gasteiger charge is 2.17. The van der Waals surface area contributed by atoms with Gasteiger partial charge in [0, 0.05) is 13.5 Å². The molecule has 0 saturated heterocycles. The minimum atomic E-state index is -0.262. The van der Waals surface area contributed by atoms with Crippen LogP contribution in [0.3, 0.4) is 0 Å². The molecule has 2 atom stereocenters. The van der Waals surface area contributed by atoms with Crippen molar-refractivity contribution in [1.82, 2.24) is 4.90 Å². The van der Waals surface area contributed by atoms with Gasteiger partial charge in [-0.1, -0.05) is 19.1 Å². The molecule has 106 valence electrons. The first-order valence-electron chi connectivity index (χ1n) is 6.67. The van der Waals surface area contributed by atoms with Crippen LogP contribution in [-0.4, -0.2) is 24.4 Å². The zero-order chi connectivity index (χ0) is 14.4. The Labute approximate surface area is 114 Å². The van der Waals surface area contributed by atoms with Crippen LogP contribution in [0.15, 0.2) is 24.3 Å². The third kappa shape index (κ3) is 4.63. The Bertz CT molecular complexity index is 405. The van der Waals surface area contributed by atoms with E-state index in [1.54, 1.807) is 24.1 Å². The van der Waals surface area contributed by atoms with E-state index in [1.807, 2.05) is 13.8 Å². The van der Waals surface area contributed by atoms with E-state index < -0.39 is 0 Å². The summed E-state index contributed by atoms with van der Waals surface area (Å²) >= 11 is 0. The maximum atomic E-state index is 12.9. The van der Waals surface area contributed by atoms with Gasteiger partial charge < -0.3 is 10.6 Å². The average Bonchev–Trinajstić information content (AvgIpc) is 2.43. The molecular weight excluding hydrogens is 243 g/mol. The van der Waals surface area contributed by atoms with E-state index in [-0.39, 0.29) is 17.8 Å².